The molecule has 2 aromatic carbocycles. The highest BCUT2D eigenvalue weighted by atomic mass is 32.2. The quantitative estimate of drug-likeness (QED) is 0.224. The van der Waals surface area contributed by atoms with E-state index in [0.29, 0.717) is 33.6 Å². The number of fused-ring (bicyclic) bond motifs is 1. The Kier molecular flexibility index (Phi) is 7.84. The first-order valence-corrected chi connectivity index (χ1v) is 14.1. The molecular weight excluding hydrogens is 538 g/mol. The Morgan fingerprint density at radius 3 is 2.74 bits per heavy atom. The lowest BCUT2D eigenvalue weighted by molar-refractivity contribution is -0.113. The van der Waals surface area contributed by atoms with Gasteiger partial charge in [-0.1, -0.05) is 35.5 Å². The monoisotopic (exact) mass is 565 g/mol. The van der Waals surface area contributed by atoms with Crippen molar-refractivity contribution in [2.24, 2.45) is 0 Å². The van der Waals surface area contributed by atoms with Crippen molar-refractivity contribution in [2.45, 2.75) is 39.3 Å². The third-order valence-corrected chi connectivity index (χ3v) is 8.26. The second kappa shape index (κ2) is 11.5. The Balaban J connectivity index is 1.33. The second-order valence-electron chi connectivity index (χ2n) is 8.94. The van der Waals surface area contributed by atoms with Gasteiger partial charge < -0.3 is 19.5 Å². The van der Waals surface area contributed by atoms with Gasteiger partial charge in [0.25, 0.3) is 0 Å². The summed E-state index contributed by atoms with van der Waals surface area (Å²) >= 11 is 2.58. The molecular formula is C27H27N5O5S2. The predicted octanol–water partition coefficient (Wildman–Crippen LogP) is 4.88. The fraction of sp³-hybridized carbons (Fsp3) is 0.296. The van der Waals surface area contributed by atoms with Crippen molar-refractivity contribution in [1.29, 1.82) is 0 Å². The number of amides is 1. The van der Waals surface area contributed by atoms with Crippen LogP contribution in [0.2, 0.25) is 0 Å². The number of nitrogens with one attached hydrogen (secondary N) is 1. The highest BCUT2D eigenvalue weighted by molar-refractivity contribution is 7.99. The van der Waals surface area contributed by atoms with Crippen LogP contribution < -0.4 is 14.8 Å². The number of hydrogen-bond acceptors (Lipinski definition) is 10. The molecule has 3 heterocycles. The fourth-order valence-electron chi connectivity index (χ4n) is 4.26. The van der Waals surface area contributed by atoms with E-state index in [-0.39, 0.29) is 25.1 Å². The minimum atomic E-state index is -0.468. The van der Waals surface area contributed by atoms with Crippen molar-refractivity contribution < 1.29 is 23.8 Å². The summed E-state index contributed by atoms with van der Waals surface area (Å²) < 4.78 is 17.8. The van der Waals surface area contributed by atoms with E-state index in [1.807, 2.05) is 51.1 Å². The number of aryl methyl sites for hydroxylation is 2. The molecule has 0 radical (unpaired) electrons. The van der Waals surface area contributed by atoms with Crippen molar-refractivity contribution in [3.63, 3.8) is 0 Å². The summed E-state index contributed by atoms with van der Waals surface area (Å²) in [5.74, 6) is 0.715. The second-order valence-corrected chi connectivity index (χ2v) is 11.0. The SMILES string of the molecule is CCOC(=O)c1c(NC(=O)CSc2nnnn2-c2ccc(C)cc2C)sc(Cc2ccc3c(c2)OCO3)c1C. The maximum absolute atomic E-state index is 13.0. The topological polar surface area (TPSA) is 117 Å². The van der Waals surface area contributed by atoms with Crippen LogP contribution >= 0.6 is 23.1 Å². The zero-order valence-electron chi connectivity index (χ0n) is 21.9. The number of tetrazole rings is 1. The number of benzene rings is 2. The highest BCUT2D eigenvalue weighted by Gasteiger charge is 2.25. The van der Waals surface area contributed by atoms with Gasteiger partial charge >= 0.3 is 5.97 Å². The minimum Gasteiger partial charge on any atom is -0.462 e. The lowest BCUT2D eigenvalue weighted by atomic mass is 10.1. The molecule has 1 aliphatic heterocycles. The summed E-state index contributed by atoms with van der Waals surface area (Å²) in [7, 11) is 0. The lowest BCUT2D eigenvalue weighted by Gasteiger charge is -2.09. The van der Waals surface area contributed by atoms with Crippen molar-refractivity contribution in [2.75, 3.05) is 24.5 Å². The van der Waals surface area contributed by atoms with E-state index in [1.165, 1.54) is 23.1 Å². The third kappa shape index (κ3) is 5.76. The number of ether oxygens (including phenoxy) is 3. The zero-order chi connectivity index (χ0) is 27.5. The Hall–Kier alpha value is -3.90. The number of thioether (sulfide) groups is 1. The number of hydrogen-bond donors (Lipinski definition) is 1. The van der Waals surface area contributed by atoms with Gasteiger partial charge in [0, 0.05) is 11.3 Å². The molecule has 0 saturated carbocycles. The van der Waals surface area contributed by atoms with Crippen LogP contribution in [-0.2, 0) is 16.0 Å². The van der Waals surface area contributed by atoms with Gasteiger partial charge in [-0.2, -0.15) is 4.68 Å². The van der Waals surface area contributed by atoms with Crippen LogP contribution in [0.15, 0.2) is 41.6 Å². The largest absolute Gasteiger partial charge is 0.462 e. The van der Waals surface area contributed by atoms with E-state index < -0.39 is 5.97 Å². The van der Waals surface area contributed by atoms with Crippen molar-refractivity contribution in [3.8, 4) is 17.2 Å². The summed E-state index contributed by atoms with van der Waals surface area (Å²) in [4.78, 5) is 26.8. The molecule has 0 bridgehead atoms. The molecule has 0 atom stereocenters. The normalized spacial score (nSPS) is 12.0. The molecule has 1 amide bonds. The number of anilines is 1. The van der Waals surface area contributed by atoms with Gasteiger partial charge in [0.1, 0.15) is 5.00 Å². The molecule has 0 aliphatic carbocycles. The molecule has 2 aromatic heterocycles. The summed E-state index contributed by atoms with van der Waals surface area (Å²) in [5, 5.41) is 15.9. The van der Waals surface area contributed by atoms with Crippen molar-refractivity contribution >= 4 is 40.0 Å². The molecule has 10 nitrogen and oxygen atoms in total. The van der Waals surface area contributed by atoms with Crippen LogP contribution in [0.3, 0.4) is 0 Å². The summed E-state index contributed by atoms with van der Waals surface area (Å²) in [6.45, 7) is 8.07. The van der Waals surface area contributed by atoms with E-state index in [9.17, 15) is 9.59 Å². The molecule has 0 spiro atoms. The molecule has 1 N–H and O–H groups in total. The first-order valence-electron chi connectivity index (χ1n) is 12.3. The molecule has 12 heteroatoms. The Morgan fingerprint density at radius 1 is 1.13 bits per heavy atom. The molecule has 39 heavy (non-hydrogen) atoms. The van der Waals surface area contributed by atoms with Gasteiger partial charge in [-0.3, -0.25) is 4.79 Å². The number of aromatic nitrogens is 4. The van der Waals surface area contributed by atoms with E-state index in [1.54, 1.807) is 11.6 Å². The van der Waals surface area contributed by atoms with Gasteiger partial charge in [-0.25, -0.2) is 4.79 Å². The summed E-state index contributed by atoms with van der Waals surface area (Å²) in [6, 6.07) is 11.8. The summed E-state index contributed by atoms with van der Waals surface area (Å²) in [6.07, 6.45) is 0.564. The molecule has 4 aromatic rings. The fourth-order valence-corrected chi connectivity index (χ4v) is 6.19. The van der Waals surface area contributed by atoms with Gasteiger partial charge in [0.2, 0.25) is 17.9 Å². The van der Waals surface area contributed by atoms with E-state index in [0.717, 1.165) is 32.8 Å². The lowest BCUT2D eigenvalue weighted by Crippen LogP contribution is -2.17. The van der Waals surface area contributed by atoms with Crippen LogP contribution in [0.25, 0.3) is 5.69 Å². The number of rotatable bonds is 9. The zero-order valence-corrected chi connectivity index (χ0v) is 23.6. The van der Waals surface area contributed by atoms with E-state index >= 15 is 0 Å². The number of nitrogens with zero attached hydrogens (tertiary/aromatic N) is 4. The number of carbonyl (C=O) groups is 2. The molecule has 1 aliphatic rings. The van der Waals surface area contributed by atoms with Gasteiger partial charge in [-0.05, 0) is 73.0 Å². The number of esters is 1. The minimum absolute atomic E-state index is 0.0575. The molecule has 0 unspecified atom stereocenters. The molecule has 202 valence electrons. The Bertz CT molecular complexity index is 1550. The predicted molar refractivity (Wildman–Crippen MR) is 148 cm³/mol. The van der Waals surface area contributed by atoms with Gasteiger partial charge in [0.15, 0.2) is 11.5 Å². The first-order chi connectivity index (χ1) is 18.8. The number of carbonyl (C=O) groups excluding carboxylic acids is 2. The average Bonchev–Trinajstić information content (AvgIpc) is 3.62. The van der Waals surface area contributed by atoms with Gasteiger partial charge in [-0.15, -0.1) is 16.4 Å². The maximum atomic E-state index is 13.0. The van der Waals surface area contributed by atoms with Crippen LogP contribution in [0.1, 0.15) is 44.4 Å². The van der Waals surface area contributed by atoms with E-state index in [4.69, 9.17) is 14.2 Å². The molecule has 0 fully saturated rings. The Labute approximate surface area is 233 Å². The molecule has 0 saturated heterocycles. The van der Waals surface area contributed by atoms with Crippen LogP contribution in [-0.4, -0.2) is 51.2 Å². The standard InChI is InChI=1S/C27H27N5O5S2/c1-5-35-26(34)24-17(4)22(12-18-7-9-20-21(11-18)37-14-36-20)39-25(24)28-23(33)13-38-27-29-30-31-32(27)19-8-6-15(2)10-16(19)3/h6-11H,5,12-14H2,1-4H3,(H,28,33). The highest BCUT2D eigenvalue weighted by Crippen LogP contribution is 2.38. The molecule has 5 rings (SSSR count). The summed E-state index contributed by atoms with van der Waals surface area (Å²) in [5.41, 5.74) is 5.16. The smallest absolute Gasteiger partial charge is 0.341 e. The van der Waals surface area contributed by atoms with Crippen molar-refractivity contribution in [3.05, 3.63) is 69.1 Å². The Morgan fingerprint density at radius 2 is 1.95 bits per heavy atom. The maximum Gasteiger partial charge on any atom is 0.341 e. The van der Waals surface area contributed by atoms with Crippen LogP contribution in [0.5, 0.6) is 11.5 Å². The third-order valence-electron chi connectivity index (χ3n) is 6.13. The van der Waals surface area contributed by atoms with Crippen molar-refractivity contribution in [1.82, 2.24) is 20.2 Å². The first kappa shape index (κ1) is 26.7. The van der Waals surface area contributed by atoms with Crippen LogP contribution in [0.4, 0.5) is 5.00 Å². The van der Waals surface area contributed by atoms with E-state index in [2.05, 4.69) is 26.9 Å². The van der Waals surface area contributed by atoms with Crippen LogP contribution in [0, 0.1) is 20.8 Å². The van der Waals surface area contributed by atoms with Gasteiger partial charge in [0.05, 0.1) is 23.6 Å². The average molecular weight is 566 g/mol. The number of thiophene rings is 1.